The summed E-state index contributed by atoms with van der Waals surface area (Å²) in [4.78, 5) is 34.5. The van der Waals surface area contributed by atoms with E-state index in [1.165, 1.54) is 7.11 Å². The van der Waals surface area contributed by atoms with Crippen LogP contribution in [0.1, 0.15) is 46.3 Å². The van der Waals surface area contributed by atoms with E-state index in [-0.39, 0.29) is 5.91 Å². The first kappa shape index (κ1) is 19.4. The SMILES string of the molecule is CCCCN(C)C(=O)c1cc(C)nc(Nc2cccc(C(=O)OC)c2)n1. The minimum absolute atomic E-state index is 0.143. The number of hydrogen-bond acceptors (Lipinski definition) is 6. The number of anilines is 2. The van der Waals surface area contributed by atoms with E-state index >= 15 is 0 Å². The molecule has 0 aliphatic rings. The van der Waals surface area contributed by atoms with Gasteiger partial charge in [-0.05, 0) is 37.6 Å². The first-order valence-corrected chi connectivity index (χ1v) is 8.51. The molecule has 138 valence electrons. The van der Waals surface area contributed by atoms with Crippen LogP contribution in [0.15, 0.2) is 30.3 Å². The number of nitrogens with one attached hydrogen (secondary N) is 1. The molecule has 0 atom stereocenters. The number of aromatic nitrogens is 2. The highest BCUT2D eigenvalue weighted by Gasteiger charge is 2.15. The normalized spacial score (nSPS) is 10.3. The quantitative estimate of drug-likeness (QED) is 0.767. The lowest BCUT2D eigenvalue weighted by Gasteiger charge is -2.17. The summed E-state index contributed by atoms with van der Waals surface area (Å²) in [7, 11) is 3.10. The van der Waals surface area contributed by atoms with E-state index in [1.807, 2.05) is 0 Å². The van der Waals surface area contributed by atoms with Crippen molar-refractivity contribution < 1.29 is 14.3 Å². The molecule has 1 N–H and O–H groups in total. The van der Waals surface area contributed by atoms with Gasteiger partial charge in [-0.3, -0.25) is 4.79 Å². The van der Waals surface area contributed by atoms with Crippen LogP contribution < -0.4 is 5.32 Å². The molecule has 26 heavy (non-hydrogen) atoms. The van der Waals surface area contributed by atoms with E-state index < -0.39 is 5.97 Å². The van der Waals surface area contributed by atoms with Gasteiger partial charge in [0.1, 0.15) is 5.69 Å². The average Bonchev–Trinajstić information content (AvgIpc) is 2.64. The van der Waals surface area contributed by atoms with Crippen molar-refractivity contribution >= 4 is 23.5 Å². The zero-order valence-corrected chi connectivity index (χ0v) is 15.6. The van der Waals surface area contributed by atoms with Crippen molar-refractivity contribution in [3.8, 4) is 0 Å². The fourth-order valence-corrected chi connectivity index (χ4v) is 2.40. The summed E-state index contributed by atoms with van der Waals surface area (Å²) in [6.07, 6.45) is 1.96. The Morgan fingerprint density at radius 2 is 2.00 bits per heavy atom. The van der Waals surface area contributed by atoms with Gasteiger partial charge >= 0.3 is 5.97 Å². The molecule has 0 aliphatic heterocycles. The predicted octanol–water partition coefficient (Wildman–Crippen LogP) is 3.19. The summed E-state index contributed by atoms with van der Waals surface area (Å²) in [6.45, 7) is 4.57. The molecule has 0 fully saturated rings. The number of unbranched alkanes of at least 4 members (excludes halogenated alkanes) is 1. The molecule has 1 heterocycles. The van der Waals surface area contributed by atoms with Crippen LogP contribution >= 0.6 is 0 Å². The third-order valence-corrected chi connectivity index (χ3v) is 3.81. The Morgan fingerprint density at radius 3 is 2.69 bits per heavy atom. The topological polar surface area (TPSA) is 84.4 Å². The molecule has 7 heteroatoms. The van der Waals surface area contributed by atoms with E-state index in [0.717, 1.165) is 12.8 Å². The third-order valence-electron chi connectivity index (χ3n) is 3.81. The highest BCUT2D eigenvalue weighted by Crippen LogP contribution is 2.17. The Hall–Kier alpha value is -2.96. The number of nitrogens with zero attached hydrogens (tertiary/aromatic N) is 3. The van der Waals surface area contributed by atoms with Crippen LogP contribution in [-0.2, 0) is 4.74 Å². The maximum absolute atomic E-state index is 12.5. The highest BCUT2D eigenvalue weighted by molar-refractivity contribution is 5.93. The number of aryl methyl sites for hydroxylation is 1. The van der Waals surface area contributed by atoms with Crippen molar-refractivity contribution in [2.75, 3.05) is 26.0 Å². The summed E-state index contributed by atoms with van der Waals surface area (Å²) >= 11 is 0. The van der Waals surface area contributed by atoms with Crippen molar-refractivity contribution in [1.29, 1.82) is 0 Å². The van der Waals surface area contributed by atoms with Crippen LogP contribution in [-0.4, -0.2) is 47.4 Å². The van der Waals surface area contributed by atoms with Crippen LogP contribution in [0, 0.1) is 6.92 Å². The van der Waals surface area contributed by atoms with Gasteiger partial charge in [-0.15, -0.1) is 0 Å². The fourth-order valence-electron chi connectivity index (χ4n) is 2.40. The van der Waals surface area contributed by atoms with Gasteiger partial charge in [0, 0.05) is 25.0 Å². The Labute approximate surface area is 153 Å². The summed E-state index contributed by atoms with van der Waals surface area (Å²) in [5.74, 6) is -0.262. The maximum Gasteiger partial charge on any atom is 0.337 e. The zero-order valence-electron chi connectivity index (χ0n) is 15.6. The number of carbonyl (C=O) groups excluding carboxylic acids is 2. The second kappa shape index (κ2) is 8.94. The minimum Gasteiger partial charge on any atom is -0.465 e. The van der Waals surface area contributed by atoms with Gasteiger partial charge in [0.05, 0.1) is 12.7 Å². The number of methoxy groups -OCH3 is 1. The summed E-state index contributed by atoms with van der Waals surface area (Å²) in [6, 6.07) is 8.49. The Kier molecular flexibility index (Phi) is 6.66. The van der Waals surface area contributed by atoms with Gasteiger partial charge in [-0.25, -0.2) is 14.8 Å². The second-order valence-electron chi connectivity index (χ2n) is 6.00. The molecule has 1 amide bonds. The van der Waals surface area contributed by atoms with Gasteiger partial charge < -0.3 is 15.0 Å². The van der Waals surface area contributed by atoms with Crippen molar-refractivity contribution in [3.63, 3.8) is 0 Å². The van der Waals surface area contributed by atoms with Crippen LogP contribution in [0.4, 0.5) is 11.6 Å². The van der Waals surface area contributed by atoms with Crippen LogP contribution in [0.25, 0.3) is 0 Å². The number of hydrogen-bond donors (Lipinski definition) is 1. The molecule has 0 radical (unpaired) electrons. The molecule has 2 aromatic rings. The molecule has 0 saturated heterocycles. The lowest BCUT2D eigenvalue weighted by atomic mass is 10.2. The molecule has 7 nitrogen and oxygen atoms in total. The Morgan fingerprint density at radius 1 is 1.23 bits per heavy atom. The number of amides is 1. The Balaban J connectivity index is 2.22. The smallest absolute Gasteiger partial charge is 0.337 e. The van der Waals surface area contributed by atoms with E-state index in [0.29, 0.717) is 35.1 Å². The average molecular weight is 356 g/mol. The highest BCUT2D eigenvalue weighted by atomic mass is 16.5. The number of rotatable bonds is 7. The van der Waals surface area contributed by atoms with Crippen molar-refractivity contribution in [1.82, 2.24) is 14.9 Å². The third kappa shape index (κ3) is 5.02. The lowest BCUT2D eigenvalue weighted by Crippen LogP contribution is -2.28. The summed E-state index contributed by atoms with van der Waals surface area (Å²) < 4.78 is 4.72. The Bertz CT molecular complexity index is 792. The van der Waals surface area contributed by atoms with Crippen molar-refractivity contribution in [2.24, 2.45) is 0 Å². The van der Waals surface area contributed by atoms with Crippen LogP contribution in [0.5, 0.6) is 0 Å². The van der Waals surface area contributed by atoms with Crippen molar-refractivity contribution in [3.05, 3.63) is 47.3 Å². The van der Waals surface area contributed by atoms with E-state index in [2.05, 4.69) is 22.2 Å². The molecular weight excluding hydrogens is 332 g/mol. The lowest BCUT2D eigenvalue weighted by molar-refractivity contribution is 0.0600. The van der Waals surface area contributed by atoms with Crippen LogP contribution in [0.3, 0.4) is 0 Å². The first-order valence-electron chi connectivity index (χ1n) is 8.51. The standard InChI is InChI=1S/C19H24N4O3/c1-5-6-10-23(3)17(24)16-11-13(2)20-19(22-16)21-15-9-7-8-14(12-15)18(25)26-4/h7-9,11-12H,5-6,10H2,1-4H3,(H,20,21,22). The zero-order chi connectivity index (χ0) is 19.1. The largest absolute Gasteiger partial charge is 0.465 e. The van der Waals surface area contributed by atoms with Gasteiger partial charge in [-0.2, -0.15) is 0 Å². The number of carbonyl (C=O) groups is 2. The molecule has 0 aliphatic carbocycles. The van der Waals surface area contributed by atoms with Gasteiger partial charge in [0.25, 0.3) is 5.91 Å². The molecule has 0 saturated carbocycles. The van der Waals surface area contributed by atoms with Gasteiger partial charge in [0.2, 0.25) is 5.95 Å². The molecule has 0 spiro atoms. The van der Waals surface area contributed by atoms with E-state index in [1.54, 1.807) is 49.2 Å². The number of ether oxygens (including phenoxy) is 1. The second-order valence-corrected chi connectivity index (χ2v) is 6.00. The molecule has 0 unspecified atom stereocenters. The summed E-state index contributed by atoms with van der Waals surface area (Å²) in [5, 5.41) is 3.04. The van der Waals surface area contributed by atoms with Gasteiger partial charge in [-0.1, -0.05) is 19.4 Å². The van der Waals surface area contributed by atoms with Gasteiger partial charge in [0.15, 0.2) is 0 Å². The molecule has 1 aromatic carbocycles. The predicted molar refractivity (Wildman–Crippen MR) is 99.7 cm³/mol. The number of esters is 1. The summed E-state index contributed by atoms with van der Waals surface area (Å²) in [5.41, 5.74) is 2.07. The number of benzene rings is 1. The van der Waals surface area contributed by atoms with E-state index in [4.69, 9.17) is 4.74 Å². The fraction of sp³-hybridized carbons (Fsp3) is 0.368. The maximum atomic E-state index is 12.5. The first-order chi connectivity index (χ1) is 12.4. The van der Waals surface area contributed by atoms with E-state index in [9.17, 15) is 9.59 Å². The minimum atomic E-state index is -0.424. The molecule has 1 aromatic heterocycles. The molecule has 2 rings (SSSR count). The van der Waals surface area contributed by atoms with Crippen molar-refractivity contribution in [2.45, 2.75) is 26.7 Å². The molecule has 0 bridgehead atoms. The van der Waals surface area contributed by atoms with Crippen LogP contribution in [0.2, 0.25) is 0 Å². The monoisotopic (exact) mass is 356 g/mol. The molecular formula is C19H24N4O3.